The number of rotatable bonds is 2. The van der Waals surface area contributed by atoms with Crippen LogP contribution in [-0.4, -0.2) is 4.43 Å². The van der Waals surface area contributed by atoms with Gasteiger partial charge in [0, 0.05) is 4.43 Å². The first-order chi connectivity index (χ1) is 7.25. The van der Waals surface area contributed by atoms with Gasteiger partial charge in [0.1, 0.15) is 0 Å². The van der Waals surface area contributed by atoms with Crippen molar-refractivity contribution in [2.75, 3.05) is 4.43 Å². The summed E-state index contributed by atoms with van der Waals surface area (Å²) in [7, 11) is 0. The Morgan fingerprint density at radius 1 is 1.33 bits per heavy atom. The minimum Gasteiger partial charge on any atom is -0.0860 e. The lowest BCUT2D eigenvalue weighted by atomic mass is 9.33. The lowest BCUT2D eigenvalue weighted by Crippen LogP contribution is -2.67. The molecule has 0 N–H and O–H groups in total. The third-order valence-corrected chi connectivity index (χ3v) is 7.33. The van der Waals surface area contributed by atoms with E-state index in [1.807, 2.05) is 0 Å². The first-order valence-corrected chi connectivity index (χ1v) is 8.34. The molecule has 86 valence electrons. The van der Waals surface area contributed by atoms with Gasteiger partial charge in [-0.05, 0) is 54.3 Å². The van der Waals surface area contributed by atoms with Crippen molar-refractivity contribution in [3.05, 3.63) is 0 Å². The minimum atomic E-state index is 0.781. The number of hydrogen-bond donors (Lipinski definition) is 0. The molecule has 1 heteroatoms. The lowest BCUT2D eigenvalue weighted by molar-refractivity contribution is -0.229. The van der Waals surface area contributed by atoms with Gasteiger partial charge in [-0.2, -0.15) is 0 Å². The van der Waals surface area contributed by atoms with E-state index in [-0.39, 0.29) is 0 Å². The Morgan fingerprint density at radius 3 is 2.80 bits per heavy atom. The van der Waals surface area contributed by atoms with E-state index in [9.17, 15) is 0 Å². The molecule has 0 aliphatic heterocycles. The Balaban J connectivity index is 1.96. The van der Waals surface area contributed by atoms with Gasteiger partial charge in [0.25, 0.3) is 0 Å². The van der Waals surface area contributed by atoms with Crippen molar-refractivity contribution in [3.63, 3.8) is 0 Å². The summed E-state index contributed by atoms with van der Waals surface area (Å²) in [4.78, 5) is 0. The first-order valence-electron chi connectivity index (χ1n) is 6.81. The first kappa shape index (κ1) is 10.9. The van der Waals surface area contributed by atoms with Crippen LogP contribution in [0.25, 0.3) is 0 Å². The molecular weight excluding hydrogens is 295 g/mol. The molecule has 6 atom stereocenters. The van der Waals surface area contributed by atoms with Crippen LogP contribution in [0.3, 0.4) is 0 Å². The number of halogens is 1. The second-order valence-corrected chi connectivity index (χ2v) is 7.10. The van der Waals surface area contributed by atoms with Crippen molar-refractivity contribution in [1.29, 1.82) is 0 Å². The molecule has 4 aliphatic carbocycles. The average Bonchev–Trinajstić information content (AvgIpc) is 2.26. The fourth-order valence-corrected chi connectivity index (χ4v) is 7.29. The van der Waals surface area contributed by atoms with E-state index >= 15 is 0 Å². The molecular formula is C14H23I. The fourth-order valence-electron chi connectivity index (χ4n) is 5.88. The number of hydrogen-bond acceptors (Lipinski definition) is 0. The molecule has 0 aromatic carbocycles. The Labute approximate surface area is 108 Å². The monoisotopic (exact) mass is 318 g/mol. The Kier molecular flexibility index (Phi) is 2.61. The topological polar surface area (TPSA) is 0 Å². The summed E-state index contributed by atoms with van der Waals surface area (Å²) in [6.45, 7) is 5.03. The second kappa shape index (κ2) is 3.61. The van der Waals surface area contributed by atoms with Crippen LogP contribution in [0.15, 0.2) is 0 Å². The molecule has 4 aliphatic rings. The summed E-state index contributed by atoms with van der Waals surface area (Å²) in [6.07, 6.45) is 7.69. The summed E-state index contributed by atoms with van der Waals surface area (Å²) in [6, 6.07) is 0. The maximum absolute atomic E-state index is 2.66. The van der Waals surface area contributed by atoms with E-state index in [1.165, 1.54) is 17.3 Å². The van der Waals surface area contributed by atoms with Crippen LogP contribution in [0.4, 0.5) is 0 Å². The molecule has 0 radical (unpaired) electrons. The van der Waals surface area contributed by atoms with Crippen molar-refractivity contribution in [1.82, 2.24) is 0 Å². The highest BCUT2D eigenvalue weighted by molar-refractivity contribution is 14.1. The zero-order valence-electron chi connectivity index (χ0n) is 10.0. The molecule has 0 amide bonds. The fraction of sp³-hybridized carbons (Fsp3) is 1.00. The zero-order valence-corrected chi connectivity index (χ0v) is 12.2. The molecule has 0 spiro atoms. The largest absolute Gasteiger partial charge is 0.0860 e. The van der Waals surface area contributed by atoms with Crippen LogP contribution >= 0.6 is 22.6 Å². The van der Waals surface area contributed by atoms with Crippen LogP contribution in [0.1, 0.15) is 46.0 Å². The van der Waals surface area contributed by atoms with E-state index in [0.717, 1.165) is 35.0 Å². The molecule has 4 rings (SSSR count). The van der Waals surface area contributed by atoms with E-state index in [0.29, 0.717) is 0 Å². The van der Waals surface area contributed by atoms with Crippen LogP contribution < -0.4 is 0 Å². The minimum absolute atomic E-state index is 0.781. The van der Waals surface area contributed by atoms with Crippen LogP contribution in [0.5, 0.6) is 0 Å². The molecule has 0 saturated heterocycles. The SMILES string of the molecule is CCC12C3CCCC(C3)C(C1C)C2CI. The normalized spacial score (nSPS) is 57.4. The van der Waals surface area contributed by atoms with Gasteiger partial charge in [-0.25, -0.2) is 0 Å². The third kappa shape index (κ3) is 1.14. The van der Waals surface area contributed by atoms with E-state index in [1.54, 1.807) is 19.3 Å². The summed E-state index contributed by atoms with van der Waals surface area (Å²) in [5, 5.41) is 0. The van der Waals surface area contributed by atoms with Gasteiger partial charge < -0.3 is 0 Å². The zero-order chi connectivity index (χ0) is 10.6. The number of alkyl halides is 1. The summed E-state index contributed by atoms with van der Waals surface area (Å²) in [5.74, 6) is 5.46. The quantitative estimate of drug-likeness (QED) is 0.519. The van der Waals surface area contributed by atoms with Gasteiger partial charge in [0.15, 0.2) is 0 Å². The Bertz CT molecular complexity index is 258. The highest BCUT2D eigenvalue weighted by Crippen LogP contribution is 2.72. The van der Waals surface area contributed by atoms with E-state index in [4.69, 9.17) is 0 Å². The van der Waals surface area contributed by atoms with Crippen LogP contribution in [0.2, 0.25) is 0 Å². The molecule has 0 aromatic heterocycles. The molecule has 0 nitrogen and oxygen atoms in total. The molecule has 0 aromatic rings. The van der Waals surface area contributed by atoms with Crippen LogP contribution in [0, 0.1) is 35.0 Å². The standard InChI is InChI=1S/C14H23I/c1-3-14-9(2)13(12(14)8-15)10-5-4-6-11(14)7-10/h9-13H,3-8H2,1-2H3. The highest BCUT2D eigenvalue weighted by Gasteiger charge is 2.66. The second-order valence-electron chi connectivity index (χ2n) is 6.22. The van der Waals surface area contributed by atoms with Gasteiger partial charge >= 0.3 is 0 Å². The summed E-state index contributed by atoms with van der Waals surface area (Å²) >= 11 is 2.66. The molecule has 15 heavy (non-hydrogen) atoms. The maximum Gasteiger partial charge on any atom is 0.00320 e. The predicted octanol–water partition coefficient (Wildman–Crippen LogP) is 4.52. The van der Waals surface area contributed by atoms with Crippen molar-refractivity contribution in [2.24, 2.45) is 35.0 Å². The molecule has 4 saturated carbocycles. The highest BCUT2D eigenvalue weighted by atomic mass is 127. The van der Waals surface area contributed by atoms with E-state index in [2.05, 4.69) is 36.4 Å². The van der Waals surface area contributed by atoms with Crippen molar-refractivity contribution < 1.29 is 0 Å². The summed E-state index contributed by atoms with van der Waals surface area (Å²) in [5.41, 5.74) is 0.781. The van der Waals surface area contributed by atoms with Gasteiger partial charge in [-0.3, -0.25) is 0 Å². The smallest absolute Gasteiger partial charge is 0.00320 e. The van der Waals surface area contributed by atoms with Gasteiger partial charge in [-0.15, -0.1) is 0 Å². The van der Waals surface area contributed by atoms with Crippen molar-refractivity contribution >= 4 is 22.6 Å². The van der Waals surface area contributed by atoms with Gasteiger partial charge in [-0.1, -0.05) is 49.3 Å². The molecule has 4 fully saturated rings. The molecule has 6 unspecified atom stereocenters. The van der Waals surface area contributed by atoms with E-state index < -0.39 is 0 Å². The van der Waals surface area contributed by atoms with Gasteiger partial charge in [0.2, 0.25) is 0 Å². The third-order valence-electron chi connectivity index (χ3n) is 6.38. The Morgan fingerprint density at radius 2 is 2.13 bits per heavy atom. The van der Waals surface area contributed by atoms with Crippen LogP contribution in [-0.2, 0) is 0 Å². The molecule has 0 heterocycles. The van der Waals surface area contributed by atoms with Crippen molar-refractivity contribution in [2.45, 2.75) is 46.0 Å². The van der Waals surface area contributed by atoms with Crippen molar-refractivity contribution in [3.8, 4) is 0 Å². The van der Waals surface area contributed by atoms with Gasteiger partial charge in [0.05, 0.1) is 0 Å². The lowest BCUT2D eigenvalue weighted by Gasteiger charge is -2.72. The molecule has 4 bridgehead atoms. The Hall–Kier alpha value is 0.730. The maximum atomic E-state index is 2.66. The predicted molar refractivity (Wildman–Crippen MR) is 73.2 cm³/mol. The summed E-state index contributed by atoms with van der Waals surface area (Å²) < 4.78 is 1.42. The average molecular weight is 318 g/mol.